The fourth-order valence-corrected chi connectivity index (χ4v) is 2.88. The van der Waals surface area contributed by atoms with Gasteiger partial charge in [-0.2, -0.15) is 0 Å². The third-order valence-electron chi connectivity index (χ3n) is 4.08. The van der Waals surface area contributed by atoms with Gasteiger partial charge in [-0.05, 0) is 47.4 Å². The minimum absolute atomic E-state index is 0.317. The van der Waals surface area contributed by atoms with Gasteiger partial charge in [0.05, 0.1) is 5.56 Å². The Bertz CT molecular complexity index is 784. The Labute approximate surface area is 145 Å². The van der Waals surface area contributed by atoms with E-state index >= 15 is 0 Å². The largest absolute Gasteiger partial charge is 0.448 e. The second-order valence-corrected chi connectivity index (χ2v) is 6.60. The Kier molecular flexibility index (Phi) is 4.58. The molecule has 1 atom stereocenters. The van der Waals surface area contributed by atoms with Crippen LogP contribution in [-0.2, 0) is 16.0 Å². The van der Waals surface area contributed by atoms with E-state index in [9.17, 15) is 9.59 Å². The number of halogens is 1. The number of benzene rings is 2. The first-order chi connectivity index (χ1) is 11.4. The molecule has 4 nitrogen and oxygen atoms in total. The molecular weight excluding hydrogens is 326 g/mol. The van der Waals surface area contributed by atoms with Crippen LogP contribution in [0.25, 0.3) is 0 Å². The van der Waals surface area contributed by atoms with Crippen LogP contribution in [0.1, 0.15) is 41.3 Å². The van der Waals surface area contributed by atoms with Gasteiger partial charge in [-0.3, -0.25) is 4.79 Å². The summed E-state index contributed by atoms with van der Waals surface area (Å²) in [4.78, 5) is 24.4. The fraction of sp³-hybridized carbons (Fsp3) is 0.263. The molecule has 1 N–H and O–H groups in total. The number of hydrogen-bond donors (Lipinski definition) is 1. The van der Waals surface area contributed by atoms with Crippen molar-refractivity contribution in [2.75, 3.05) is 5.32 Å². The van der Waals surface area contributed by atoms with E-state index in [0.29, 0.717) is 28.6 Å². The maximum absolute atomic E-state index is 12.4. The van der Waals surface area contributed by atoms with Gasteiger partial charge in [0.25, 0.3) is 5.91 Å². The Hall–Kier alpha value is -2.33. The predicted octanol–water partition coefficient (Wildman–Crippen LogP) is 4.18. The van der Waals surface area contributed by atoms with E-state index in [1.807, 2.05) is 24.3 Å². The minimum atomic E-state index is -0.853. The molecule has 2 aromatic rings. The fourth-order valence-electron chi connectivity index (χ4n) is 2.68. The number of carbonyl (C=O) groups is 2. The average Bonchev–Trinajstić information content (AvgIpc) is 2.54. The van der Waals surface area contributed by atoms with E-state index in [1.54, 1.807) is 18.2 Å². The van der Waals surface area contributed by atoms with Crippen LogP contribution in [0.2, 0.25) is 5.02 Å². The van der Waals surface area contributed by atoms with E-state index in [1.165, 1.54) is 5.56 Å². The summed E-state index contributed by atoms with van der Waals surface area (Å²) in [5, 5.41) is 3.33. The Balaban J connectivity index is 1.73. The molecule has 1 heterocycles. The molecule has 0 fully saturated rings. The van der Waals surface area contributed by atoms with Gasteiger partial charge < -0.3 is 10.1 Å². The molecule has 0 bridgehead atoms. The molecule has 0 saturated carbocycles. The smallest absolute Gasteiger partial charge is 0.339 e. The highest BCUT2D eigenvalue weighted by Crippen LogP contribution is 2.25. The standard InChI is InChI=1S/C19H18ClNO3/c1-11(2)12-3-6-15(7-4-12)21-18(22)17-10-13-9-14(20)5-8-16(13)19(23)24-17/h3-9,11,17H,10H2,1-2H3,(H,21,22). The number of amides is 1. The average molecular weight is 344 g/mol. The van der Waals surface area contributed by atoms with Crippen molar-refractivity contribution in [3.63, 3.8) is 0 Å². The Morgan fingerprint density at radius 1 is 1.21 bits per heavy atom. The van der Waals surface area contributed by atoms with Crippen LogP contribution in [-0.4, -0.2) is 18.0 Å². The number of hydrogen-bond acceptors (Lipinski definition) is 3. The summed E-state index contributed by atoms with van der Waals surface area (Å²) < 4.78 is 5.25. The van der Waals surface area contributed by atoms with Crippen LogP contribution in [0.15, 0.2) is 42.5 Å². The van der Waals surface area contributed by atoms with Gasteiger partial charge in [0, 0.05) is 17.1 Å². The van der Waals surface area contributed by atoms with Crippen LogP contribution >= 0.6 is 11.6 Å². The lowest BCUT2D eigenvalue weighted by atomic mass is 9.98. The lowest BCUT2D eigenvalue weighted by molar-refractivity contribution is -0.125. The highest BCUT2D eigenvalue weighted by atomic mass is 35.5. The van der Waals surface area contributed by atoms with Crippen molar-refractivity contribution in [2.24, 2.45) is 0 Å². The summed E-state index contributed by atoms with van der Waals surface area (Å²) in [6.45, 7) is 4.22. The first-order valence-corrected chi connectivity index (χ1v) is 8.22. The Morgan fingerprint density at radius 3 is 2.58 bits per heavy atom. The molecule has 0 aliphatic carbocycles. The zero-order valence-corrected chi connectivity index (χ0v) is 14.3. The van der Waals surface area contributed by atoms with Gasteiger partial charge in [0.1, 0.15) is 0 Å². The maximum atomic E-state index is 12.4. The van der Waals surface area contributed by atoms with Crippen molar-refractivity contribution < 1.29 is 14.3 Å². The third-order valence-corrected chi connectivity index (χ3v) is 4.31. The van der Waals surface area contributed by atoms with E-state index in [-0.39, 0.29) is 5.91 Å². The molecule has 1 aliphatic heterocycles. The topological polar surface area (TPSA) is 55.4 Å². The summed E-state index contributed by atoms with van der Waals surface area (Å²) >= 11 is 5.97. The molecule has 24 heavy (non-hydrogen) atoms. The van der Waals surface area contributed by atoms with Crippen molar-refractivity contribution in [1.29, 1.82) is 0 Å². The molecule has 1 unspecified atom stereocenters. The number of fused-ring (bicyclic) bond motifs is 1. The summed E-state index contributed by atoms with van der Waals surface area (Å²) in [5.74, 6) is -0.412. The molecule has 3 rings (SSSR count). The zero-order chi connectivity index (χ0) is 17.3. The predicted molar refractivity (Wildman–Crippen MR) is 93.5 cm³/mol. The maximum Gasteiger partial charge on any atom is 0.339 e. The number of esters is 1. The first-order valence-electron chi connectivity index (χ1n) is 7.84. The van der Waals surface area contributed by atoms with Gasteiger partial charge in [0.2, 0.25) is 0 Å². The van der Waals surface area contributed by atoms with Crippen LogP contribution in [0.5, 0.6) is 0 Å². The van der Waals surface area contributed by atoms with E-state index in [4.69, 9.17) is 16.3 Å². The second kappa shape index (κ2) is 6.65. The second-order valence-electron chi connectivity index (χ2n) is 6.17. The summed E-state index contributed by atoms with van der Waals surface area (Å²) in [5.41, 5.74) is 3.07. The normalized spacial score (nSPS) is 16.5. The van der Waals surface area contributed by atoms with Crippen molar-refractivity contribution >= 4 is 29.2 Å². The molecule has 0 aromatic heterocycles. The molecule has 0 spiro atoms. The number of anilines is 1. The molecule has 124 valence electrons. The quantitative estimate of drug-likeness (QED) is 0.850. The number of nitrogens with one attached hydrogen (secondary N) is 1. The van der Waals surface area contributed by atoms with Gasteiger partial charge in [-0.1, -0.05) is 37.6 Å². The van der Waals surface area contributed by atoms with Crippen LogP contribution in [0.4, 0.5) is 5.69 Å². The summed E-state index contributed by atoms with van der Waals surface area (Å²) in [6, 6.07) is 12.6. The molecule has 0 saturated heterocycles. The molecule has 0 radical (unpaired) electrons. The van der Waals surface area contributed by atoms with Gasteiger partial charge in [-0.15, -0.1) is 0 Å². The number of ether oxygens (including phenoxy) is 1. The minimum Gasteiger partial charge on any atom is -0.448 e. The van der Waals surface area contributed by atoms with Crippen LogP contribution < -0.4 is 5.32 Å². The lowest BCUT2D eigenvalue weighted by Crippen LogP contribution is -2.38. The van der Waals surface area contributed by atoms with E-state index in [2.05, 4.69) is 19.2 Å². The van der Waals surface area contributed by atoms with Gasteiger partial charge in [0.15, 0.2) is 6.10 Å². The highest BCUT2D eigenvalue weighted by Gasteiger charge is 2.31. The van der Waals surface area contributed by atoms with Crippen molar-refractivity contribution in [2.45, 2.75) is 32.3 Å². The molecule has 5 heteroatoms. The van der Waals surface area contributed by atoms with Gasteiger partial charge >= 0.3 is 5.97 Å². The van der Waals surface area contributed by atoms with Crippen molar-refractivity contribution in [3.05, 3.63) is 64.2 Å². The molecular formula is C19H18ClNO3. The number of rotatable bonds is 3. The highest BCUT2D eigenvalue weighted by molar-refractivity contribution is 6.30. The summed E-state index contributed by atoms with van der Waals surface area (Å²) in [6.07, 6.45) is -0.536. The monoisotopic (exact) mass is 343 g/mol. The molecule has 1 amide bonds. The van der Waals surface area contributed by atoms with E-state index < -0.39 is 12.1 Å². The number of cyclic esters (lactones) is 1. The van der Waals surface area contributed by atoms with Crippen molar-refractivity contribution in [3.8, 4) is 0 Å². The molecule has 1 aliphatic rings. The van der Waals surface area contributed by atoms with Gasteiger partial charge in [-0.25, -0.2) is 4.79 Å². The first kappa shape index (κ1) is 16.5. The number of carbonyl (C=O) groups excluding carboxylic acids is 2. The Morgan fingerprint density at radius 2 is 1.92 bits per heavy atom. The summed E-state index contributed by atoms with van der Waals surface area (Å²) in [7, 11) is 0. The van der Waals surface area contributed by atoms with Crippen LogP contribution in [0, 0.1) is 0 Å². The van der Waals surface area contributed by atoms with Crippen LogP contribution in [0.3, 0.4) is 0 Å². The lowest BCUT2D eigenvalue weighted by Gasteiger charge is -2.24. The SMILES string of the molecule is CC(C)c1ccc(NC(=O)C2Cc3cc(Cl)ccc3C(=O)O2)cc1. The zero-order valence-electron chi connectivity index (χ0n) is 13.5. The van der Waals surface area contributed by atoms with E-state index in [0.717, 1.165) is 5.56 Å². The third kappa shape index (κ3) is 3.44. The molecule has 2 aromatic carbocycles. The van der Waals surface area contributed by atoms with Crippen molar-refractivity contribution in [1.82, 2.24) is 0 Å².